The highest BCUT2D eigenvalue weighted by Crippen LogP contribution is 2.56. The fraction of sp³-hybridized carbons (Fsp3) is 1.00. The van der Waals surface area contributed by atoms with E-state index in [1.807, 2.05) is 0 Å². The molecule has 0 unspecified atom stereocenters. The summed E-state index contributed by atoms with van der Waals surface area (Å²) in [5.74, 6) is 1.50. The summed E-state index contributed by atoms with van der Waals surface area (Å²) in [6.45, 7) is 4.58. The van der Waals surface area contributed by atoms with E-state index in [0.29, 0.717) is 11.3 Å². The Bertz CT molecular complexity index is 151. The van der Waals surface area contributed by atoms with Crippen LogP contribution in [-0.4, -0.2) is 11.2 Å². The molecule has 3 atom stereocenters. The summed E-state index contributed by atoms with van der Waals surface area (Å²) < 4.78 is 0. The van der Waals surface area contributed by atoms with E-state index in [4.69, 9.17) is 0 Å². The predicted octanol–water partition coefficient (Wildman–Crippen LogP) is 1.80. The maximum Gasteiger partial charge on any atom is 0.0576 e. The molecule has 2 fully saturated rings. The van der Waals surface area contributed by atoms with Crippen LogP contribution in [0.1, 0.15) is 33.1 Å². The van der Waals surface area contributed by atoms with Gasteiger partial charge in [0, 0.05) is 0 Å². The third kappa shape index (κ3) is 0.672. The molecule has 0 aromatic heterocycles. The molecule has 2 aliphatic rings. The van der Waals surface area contributed by atoms with Crippen LogP contribution in [0.25, 0.3) is 0 Å². The zero-order valence-electron chi connectivity index (χ0n) is 6.80. The van der Waals surface area contributed by atoms with Crippen LogP contribution in [0.5, 0.6) is 0 Å². The highest BCUT2D eigenvalue weighted by molar-refractivity contribution is 5.01. The van der Waals surface area contributed by atoms with Crippen LogP contribution in [0.4, 0.5) is 0 Å². The van der Waals surface area contributed by atoms with Gasteiger partial charge in [0.2, 0.25) is 0 Å². The lowest BCUT2D eigenvalue weighted by molar-refractivity contribution is 0.0538. The molecule has 1 heteroatoms. The monoisotopic (exact) mass is 140 g/mol. The molecular formula is C9H16O. The summed E-state index contributed by atoms with van der Waals surface area (Å²) in [6.07, 6.45) is 3.68. The first kappa shape index (κ1) is 6.66. The molecule has 0 heterocycles. The molecule has 0 spiro atoms. The third-order valence-corrected chi connectivity index (χ3v) is 3.56. The summed E-state index contributed by atoms with van der Waals surface area (Å²) in [5, 5.41) is 9.55. The molecule has 0 aliphatic heterocycles. The minimum atomic E-state index is 0.0220. The smallest absolute Gasteiger partial charge is 0.0576 e. The Morgan fingerprint density at radius 3 is 2.20 bits per heavy atom. The largest absolute Gasteiger partial charge is 0.393 e. The van der Waals surface area contributed by atoms with Crippen molar-refractivity contribution >= 4 is 0 Å². The number of hydrogen-bond acceptors (Lipinski definition) is 1. The van der Waals surface area contributed by atoms with E-state index >= 15 is 0 Å². The van der Waals surface area contributed by atoms with Gasteiger partial charge in [-0.25, -0.2) is 0 Å². The molecule has 2 saturated carbocycles. The Labute approximate surface area is 62.4 Å². The second kappa shape index (κ2) is 1.76. The minimum absolute atomic E-state index is 0.0220. The normalized spacial score (nSPS) is 50.1. The number of rotatable bonds is 0. The summed E-state index contributed by atoms with van der Waals surface area (Å²) in [4.78, 5) is 0. The van der Waals surface area contributed by atoms with Crippen molar-refractivity contribution in [2.24, 2.45) is 17.3 Å². The highest BCUT2D eigenvalue weighted by atomic mass is 16.3. The Kier molecular flexibility index (Phi) is 1.17. The summed E-state index contributed by atoms with van der Waals surface area (Å²) >= 11 is 0. The van der Waals surface area contributed by atoms with E-state index < -0.39 is 0 Å². The van der Waals surface area contributed by atoms with Crippen molar-refractivity contribution in [2.45, 2.75) is 39.2 Å². The molecule has 10 heavy (non-hydrogen) atoms. The molecule has 0 saturated heterocycles. The summed E-state index contributed by atoms with van der Waals surface area (Å²) in [5.41, 5.74) is 0.433. The molecule has 0 aromatic rings. The molecule has 2 rings (SSSR count). The van der Waals surface area contributed by atoms with Gasteiger partial charge in [-0.05, 0) is 36.5 Å². The van der Waals surface area contributed by atoms with E-state index in [-0.39, 0.29) is 6.10 Å². The van der Waals surface area contributed by atoms with Crippen molar-refractivity contribution in [1.82, 2.24) is 0 Å². The second-order valence-electron chi connectivity index (χ2n) is 4.61. The number of hydrogen-bond donors (Lipinski definition) is 1. The average molecular weight is 140 g/mol. The molecular weight excluding hydrogens is 124 g/mol. The van der Waals surface area contributed by atoms with Crippen LogP contribution in [0.15, 0.2) is 0 Å². The molecule has 0 bridgehead atoms. The Balaban J connectivity index is 2.17. The van der Waals surface area contributed by atoms with Gasteiger partial charge >= 0.3 is 0 Å². The maximum atomic E-state index is 9.55. The van der Waals surface area contributed by atoms with Gasteiger partial charge in [-0.3, -0.25) is 0 Å². The quantitative estimate of drug-likeness (QED) is 0.544. The van der Waals surface area contributed by atoms with Crippen molar-refractivity contribution in [1.29, 1.82) is 0 Å². The van der Waals surface area contributed by atoms with Crippen molar-refractivity contribution in [2.75, 3.05) is 0 Å². The fourth-order valence-electron chi connectivity index (χ4n) is 2.80. The molecule has 1 nitrogen and oxygen atoms in total. The van der Waals surface area contributed by atoms with Crippen LogP contribution in [0.3, 0.4) is 0 Å². The fourth-order valence-corrected chi connectivity index (χ4v) is 2.80. The van der Waals surface area contributed by atoms with Crippen LogP contribution < -0.4 is 0 Å². The van der Waals surface area contributed by atoms with E-state index in [1.54, 1.807) is 0 Å². The van der Waals surface area contributed by atoms with E-state index in [9.17, 15) is 5.11 Å². The maximum absolute atomic E-state index is 9.55. The van der Waals surface area contributed by atoms with Gasteiger partial charge in [0.25, 0.3) is 0 Å². The van der Waals surface area contributed by atoms with Crippen molar-refractivity contribution in [3.8, 4) is 0 Å². The topological polar surface area (TPSA) is 20.2 Å². The zero-order valence-corrected chi connectivity index (χ0v) is 6.80. The zero-order chi connectivity index (χ0) is 7.35. The first-order valence-corrected chi connectivity index (χ1v) is 4.29. The second-order valence-corrected chi connectivity index (χ2v) is 4.61. The van der Waals surface area contributed by atoms with Gasteiger partial charge in [-0.2, -0.15) is 0 Å². The molecule has 2 aliphatic carbocycles. The lowest BCUT2D eigenvalue weighted by Gasteiger charge is -2.38. The van der Waals surface area contributed by atoms with Crippen LogP contribution in [0.2, 0.25) is 0 Å². The lowest BCUT2D eigenvalue weighted by Crippen LogP contribution is -2.32. The Morgan fingerprint density at radius 1 is 1.30 bits per heavy atom. The van der Waals surface area contributed by atoms with Gasteiger partial charge in [-0.15, -0.1) is 0 Å². The minimum Gasteiger partial charge on any atom is -0.393 e. The van der Waals surface area contributed by atoms with Gasteiger partial charge in [0.1, 0.15) is 0 Å². The first-order valence-electron chi connectivity index (χ1n) is 4.29. The Morgan fingerprint density at radius 2 is 2.00 bits per heavy atom. The molecule has 0 amide bonds. The lowest BCUT2D eigenvalue weighted by atomic mass is 9.67. The predicted molar refractivity (Wildman–Crippen MR) is 40.6 cm³/mol. The van der Waals surface area contributed by atoms with Crippen LogP contribution >= 0.6 is 0 Å². The van der Waals surface area contributed by atoms with Gasteiger partial charge in [0.15, 0.2) is 0 Å². The van der Waals surface area contributed by atoms with Crippen LogP contribution in [0, 0.1) is 17.3 Å². The average Bonchev–Trinajstić information content (AvgIpc) is 1.66. The number of aliphatic hydroxyl groups is 1. The van der Waals surface area contributed by atoms with E-state index in [2.05, 4.69) is 13.8 Å². The van der Waals surface area contributed by atoms with Crippen molar-refractivity contribution in [3.05, 3.63) is 0 Å². The highest BCUT2D eigenvalue weighted by Gasteiger charge is 2.51. The molecule has 1 N–H and O–H groups in total. The summed E-state index contributed by atoms with van der Waals surface area (Å²) in [7, 11) is 0. The number of aliphatic hydroxyl groups excluding tert-OH is 1. The van der Waals surface area contributed by atoms with E-state index in [1.165, 1.54) is 12.8 Å². The molecule has 0 aromatic carbocycles. The van der Waals surface area contributed by atoms with E-state index in [0.717, 1.165) is 12.3 Å². The van der Waals surface area contributed by atoms with Crippen molar-refractivity contribution in [3.63, 3.8) is 0 Å². The molecule has 0 radical (unpaired) electrons. The molecule has 58 valence electrons. The number of fused-ring (bicyclic) bond motifs is 1. The van der Waals surface area contributed by atoms with Gasteiger partial charge < -0.3 is 5.11 Å². The van der Waals surface area contributed by atoms with Crippen LogP contribution in [-0.2, 0) is 0 Å². The Hall–Kier alpha value is -0.0400. The third-order valence-electron chi connectivity index (χ3n) is 3.56. The first-order chi connectivity index (χ1) is 4.61. The van der Waals surface area contributed by atoms with Gasteiger partial charge in [-0.1, -0.05) is 13.8 Å². The standard InChI is InChI=1S/C9H16O/c1-9(2)5-8(10)6-3-4-7(6)9/h6-8,10H,3-5H2,1-2H3/t6-,7+,8-/m1/s1. The van der Waals surface area contributed by atoms with Gasteiger partial charge in [0.05, 0.1) is 6.10 Å². The SMILES string of the molecule is CC1(C)C[C@@H](O)[C@@H]2CC[C@@H]21. The van der Waals surface area contributed by atoms with Crippen molar-refractivity contribution < 1.29 is 5.11 Å². The summed E-state index contributed by atoms with van der Waals surface area (Å²) in [6, 6.07) is 0.